The van der Waals surface area contributed by atoms with E-state index >= 15 is 0 Å². The van der Waals surface area contributed by atoms with E-state index in [1.807, 2.05) is 25.1 Å². The minimum absolute atomic E-state index is 0.103. The molecule has 0 atom stereocenters. The number of rotatable bonds is 2. The molecule has 0 bridgehead atoms. The molecular formula is C14H16N2O. The fourth-order valence-corrected chi connectivity index (χ4v) is 2.49. The third kappa shape index (κ3) is 1.62. The third-order valence-electron chi connectivity index (χ3n) is 3.50. The van der Waals surface area contributed by atoms with E-state index in [9.17, 15) is 4.79 Å². The van der Waals surface area contributed by atoms with E-state index in [2.05, 4.69) is 0 Å². The van der Waals surface area contributed by atoms with Crippen molar-refractivity contribution in [3.05, 3.63) is 40.2 Å². The van der Waals surface area contributed by atoms with Crippen molar-refractivity contribution < 1.29 is 0 Å². The largest absolute Gasteiger partial charge is 0.399 e. The smallest absolute Gasteiger partial charge is 0.251 e. The fraction of sp³-hybridized carbons (Fsp3) is 0.357. The Hall–Kier alpha value is -1.77. The van der Waals surface area contributed by atoms with E-state index in [1.54, 1.807) is 10.6 Å². The number of nitrogens with two attached hydrogens (primary N) is 1. The molecule has 1 heterocycles. The predicted octanol–water partition coefficient (Wildman–Crippen LogP) is 2.48. The average Bonchev–Trinajstić information content (AvgIpc) is 3.12. The third-order valence-corrected chi connectivity index (χ3v) is 3.50. The molecule has 2 aromatic rings. The van der Waals surface area contributed by atoms with Gasteiger partial charge < -0.3 is 10.3 Å². The molecule has 1 aliphatic rings. The van der Waals surface area contributed by atoms with Gasteiger partial charge in [-0.25, -0.2) is 0 Å². The van der Waals surface area contributed by atoms with Crippen molar-refractivity contribution in [2.45, 2.75) is 32.2 Å². The van der Waals surface area contributed by atoms with E-state index in [0.717, 1.165) is 16.6 Å². The van der Waals surface area contributed by atoms with Crippen LogP contribution >= 0.6 is 0 Å². The van der Waals surface area contributed by atoms with Crippen LogP contribution < -0.4 is 11.3 Å². The molecule has 2 N–H and O–H groups in total. The highest BCUT2D eigenvalue weighted by molar-refractivity contribution is 5.86. The van der Waals surface area contributed by atoms with Gasteiger partial charge in [0.2, 0.25) is 0 Å². The first-order valence-corrected chi connectivity index (χ1v) is 6.13. The summed E-state index contributed by atoms with van der Waals surface area (Å²) in [6.07, 6.45) is 2.39. The summed E-state index contributed by atoms with van der Waals surface area (Å²) in [6.45, 7) is 2.69. The van der Waals surface area contributed by atoms with Crippen molar-refractivity contribution in [1.29, 1.82) is 0 Å². The van der Waals surface area contributed by atoms with Gasteiger partial charge in [0.1, 0.15) is 0 Å². The summed E-state index contributed by atoms with van der Waals surface area (Å²) < 4.78 is 1.81. The number of anilines is 1. The molecule has 1 fully saturated rings. The molecule has 1 saturated carbocycles. The van der Waals surface area contributed by atoms with Crippen molar-refractivity contribution in [2.75, 3.05) is 5.73 Å². The van der Waals surface area contributed by atoms with Crippen molar-refractivity contribution in [2.24, 2.45) is 0 Å². The minimum Gasteiger partial charge on any atom is -0.399 e. The first-order valence-electron chi connectivity index (χ1n) is 6.13. The molecule has 0 saturated heterocycles. The summed E-state index contributed by atoms with van der Waals surface area (Å²) in [6, 6.07) is 7.61. The molecule has 0 radical (unpaired) electrons. The Bertz CT molecular complexity index is 638. The van der Waals surface area contributed by atoms with Crippen LogP contribution in [-0.2, 0) is 6.54 Å². The van der Waals surface area contributed by atoms with Gasteiger partial charge in [-0.05, 0) is 49.4 Å². The van der Waals surface area contributed by atoms with Crippen LogP contribution in [0.4, 0.5) is 5.69 Å². The number of aromatic nitrogens is 1. The molecule has 0 amide bonds. The van der Waals surface area contributed by atoms with Gasteiger partial charge in [0.25, 0.3) is 5.56 Å². The second-order valence-corrected chi connectivity index (χ2v) is 4.73. The van der Waals surface area contributed by atoms with E-state index in [-0.39, 0.29) is 5.56 Å². The van der Waals surface area contributed by atoms with Gasteiger partial charge in [0.05, 0.1) is 5.52 Å². The molecule has 17 heavy (non-hydrogen) atoms. The maximum atomic E-state index is 12.0. The van der Waals surface area contributed by atoms with Crippen LogP contribution in [0.25, 0.3) is 10.9 Å². The number of hydrogen-bond acceptors (Lipinski definition) is 2. The minimum atomic E-state index is 0.103. The van der Waals surface area contributed by atoms with Crippen LogP contribution in [0, 0.1) is 0 Å². The maximum absolute atomic E-state index is 12.0. The fourth-order valence-electron chi connectivity index (χ4n) is 2.49. The van der Waals surface area contributed by atoms with E-state index < -0.39 is 0 Å². The zero-order chi connectivity index (χ0) is 12.0. The lowest BCUT2D eigenvalue weighted by atomic mass is 10.0. The Morgan fingerprint density at radius 3 is 2.76 bits per heavy atom. The number of fused-ring (bicyclic) bond motifs is 1. The normalized spacial score (nSPS) is 15.4. The average molecular weight is 228 g/mol. The number of nitrogen functional groups attached to an aromatic ring is 1. The van der Waals surface area contributed by atoms with Crippen LogP contribution in [0.3, 0.4) is 0 Å². The molecule has 0 unspecified atom stereocenters. The lowest BCUT2D eigenvalue weighted by molar-refractivity contribution is 0.757. The molecule has 3 nitrogen and oxygen atoms in total. The maximum Gasteiger partial charge on any atom is 0.251 e. The SMILES string of the molecule is CCn1c(=O)cc(C2CC2)c2cc(N)ccc21. The summed E-state index contributed by atoms with van der Waals surface area (Å²) >= 11 is 0. The first kappa shape index (κ1) is 10.4. The van der Waals surface area contributed by atoms with E-state index in [4.69, 9.17) is 5.73 Å². The highest BCUT2D eigenvalue weighted by Gasteiger charge is 2.26. The summed E-state index contributed by atoms with van der Waals surface area (Å²) in [5, 5.41) is 1.15. The standard InChI is InChI=1S/C14H16N2O/c1-2-16-13-6-5-10(15)7-12(13)11(8-14(16)17)9-3-4-9/h5-9H,2-4,15H2,1H3. The van der Waals surface area contributed by atoms with Gasteiger partial charge in [0, 0.05) is 23.7 Å². The Morgan fingerprint density at radius 1 is 1.35 bits per heavy atom. The van der Waals surface area contributed by atoms with Crippen molar-refractivity contribution in [3.63, 3.8) is 0 Å². The highest BCUT2D eigenvalue weighted by Crippen LogP contribution is 2.42. The predicted molar refractivity (Wildman–Crippen MR) is 70.3 cm³/mol. The Kier molecular flexibility index (Phi) is 2.21. The number of nitrogens with zero attached hydrogens (tertiary/aromatic N) is 1. The lowest BCUT2D eigenvalue weighted by Gasteiger charge is -2.12. The zero-order valence-corrected chi connectivity index (χ0v) is 9.94. The summed E-state index contributed by atoms with van der Waals surface area (Å²) in [5.74, 6) is 0.568. The first-order chi connectivity index (χ1) is 8.20. The molecular weight excluding hydrogens is 212 g/mol. The van der Waals surface area contributed by atoms with E-state index in [0.29, 0.717) is 12.5 Å². The molecule has 1 aromatic heterocycles. The molecule has 88 valence electrons. The molecule has 1 aliphatic carbocycles. The van der Waals surface area contributed by atoms with Gasteiger partial charge in [-0.1, -0.05) is 0 Å². The van der Waals surface area contributed by atoms with Gasteiger partial charge in [-0.2, -0.15) is 0 Å². The van der Waals surface area contributed by atoms with Crippen molar-refractivity contribution >= 4 is 16.6 Å². The molecule has 0 aliphatic heterocycles. The molecule has 0 spiro atoms. The van der Waals surface area contributed by atoms with Crippen molar-refractivity contribution in [1.82, 2.24) is 4.57 Å². The Labute approximate surface area is 99.9 Å². The second-order valence-electron chi connectivity index (χ2n) is 4.73. The monoisotopic (exact) mass is 228 g/mol. The van der Waals surface area contributed by atoms with Crippen molar-refractivity contribution in [3.8, 4) is 0 Å². The Balaban J connectivity index is 2.41. The van der Waals surface area contributed by atoms with Crippen LogP contribution in [0.5, 0.6) is 0 Å². The topological polar surface area (TPSA) is 48.0 Å². The van der Waals surface area contributed by atoms with Crippen LogP contribution in [-0.4, -0.2) is 4.57 Å². The quantitative estimate of drug-likeness (QED) is 0.803. The lowest BCUT2D eigenvalue weighted by Crippen LogP contribution is -2.19. The Morgan fingerprint density at radius 2 is 2.12 bits per heavy atom. The van der Waals surface area contributed by atoms with Gasteiger partial charge >= 0.3 is 0 Å². The summed E-state index contributed by atoms with van der Waals surface area (Å²) in [7, 11) is 0. The van der Waals surface area contributed by atoms with E-state index in [1.165, 1.54) is 18.4 Å². The summed E-state index contributed by atoms with van der Waals surface area (Å²) in [5.41, 5.74) is 8.92. The van der Waals surface area contributed by atoms with Gasteiger partial charge in [-0.3, -0.25) is 4.79 Å². The molecule has 3 rings (SSSR count). The number of pyridine rings is 1. The number of hydrogen-bond donors (Lipinski definition) is 1. The summed E-state index contributed by atoms with van der Waals surface area (Å²) in [4.78, 5) is 12.0. The molecule has 3 heteroatoms. The van der Waals surface area contributed by atoms with Crippen LogP contribution in [0.15, 0.2) is 29.1 Å². The highest BCUT2D eigenvalue weighted by atomic mass is 16.1. The van der Waals surface area contributed by atoms with Crippen LogP contribution in [0.1, 0.15) is 31.2 Å². The number of aryl methyl sites for hydroxylation is 1. The second kappa shape index (κ2) is 3.62. The zero-order valence-electron chi connectivity index (χ0n) is 9.94. The number of benzene rings is 1. The molecule has 1 aromatic carbocycles. The van der Waals surface area contributed by atoms with Gasteiger partial charge in [-0.15, -0.1) is 0 Å². The van der Waals surface area contributed by atoms with Crippen LogP contribution in [0.2, 0.25) is 0 Å². The van der Waals surface area contributed by atoms with Gasteiger partial charge in [0.15, 0.2) is 0 Å².